The van der Waals surface area contributed by atoms with Gasteiger partial charge in [0.2, 0.25) is 5.82 Å². The Balaban J connectivity index is 1.44. The van der Waals surface area contributed by atoms with Gasteiger partial charge in [-0.15, -0.1) is 0 Å². The Morgan fingerprint density at radius 1 is 1.34 bits per heavy atom. The summed E-state index contributed by atoms with van der Waals surface area (Å²) in [7, 11) is 3.42. The minimum Gasteiger partial charge on any atom is -0.458 e. The van der Waals surface area contributed by atoms with Crippen molar-refractivity contribution >= 4 is 22.8 Å². The Bertz CT molecular complexity index is 1010. The summed E-state index contributed by atoms with van der Waals surface area (Å²) in [5.41, 5.74) is 3.54. The number of aromatic nitrogens is 3. The minimum absolute atomic E-state index is 0.179. The quantitative estimate of drug-likeness (QED) is 0.710. The van der Waals surface area contributed by atoms with Crippen LogP contribution in [0.1, 0.15) is 34.1 Å². The number of carbonyl (C=O) groups is 1. The number of hydrogen-bond acceptors (Lipinski definition) is 7. The van der Waals surface area contributed by atoms with E-state index in [4.69, 9.17) is 4.42 Å². The van der Waals surface area contributed by atoms with Gasteiger partial charge in [0.15, 0.2) is 5.58 Å². The van der Waals surface area contributed by atoms with E-state index in [1.165, 1.54) is 4.90 Å². The molecule has 1 atom stereocenters. The van der Waals surface area contributed by atoms with Crippen LogP contribution >= 0.6 is 0 Å². The van der Waals surface area contributed by atoms with Gasteiger partial charge >= 0.3 is 0 Å². The summed E-state index contributed by atoms with van der Waals surface area (Å²) in [6.45, 7) is 6.30. The van der Waals surface area contributed by atoms with Crippen molar-refractivity contribution in [3.05, 3.63) is 47.2 Å². The predicted octanol–water partition coefficient (Wildman–Crippen LogP) is 2.30. The molecule has 0 radical (unpaired) electrons. The number of rotatable bonds is 5. The number of nitrogens with zero attached hydrogens (tertiary/aromatic N) is 5. The number of nitrogens with one attached hydrogen (secondary N) is 1. The van der Waals surface area contributed by atoms with Gasteiger partial charge in [-0.1, -0.05) is 0 Å². The van der Waals surface area contributed by atoms with E-state index in [1.807, 2.05) is 32.0 Å². The van der Waals surface area contributed by atoms with Gasteiger partial charge < -0.3 is 19.5 Å². The molecule has 3 aromatic heterocycles. The average molecular weight is 394 g/mol. The first kappa shape index (κ1) is 19.3. The van der Waals surface area contributed by atoms with Gasteiger partial charge in [-0.05, 0) is 32.4 Å². The molecule has 1 aliphatic rings. The highest BCUT2D eigenvalue weighted by Gasteiger charge is 2.27. The lowest BCUT2D eigenvalue weighted by Gasteiger charge is -2.22. The second-order valence-corrected chi connectivity index (χ2v) is 7.69. The SMILES string of the molecule is Cc1nc(C(=O)N(C)C)nc(N2CC[C@@H](NCc3cc4ncccc4o3)C2)c1C. The molecule has 4 rings (SSSR count). The zero-order valence-electron chi connectivity index (χ0n) is 17.3. The van der Waals surface area contributed by atoms with Crippen LogP contribution in [-0.2, 0) is 6.54 Å². The average Bonchev–Trinajstić information content (AvgIpc) is 3.34. The summed E-state index contributed by atoms with van der Waals surface area (Å²) in [5.74, 6) is 1.80. The second-order valence-electron chi connectivity index (χ2n) is 7.69. The summed E-state index contributed by atoms with van der Waals surface area (Å²) in [4.78, 5) is 29.3. The van der Waals surface area contributed by atoms with Gasteiger partial charge in [0.05, 0.1) is 6.54 Å². The number of furan rings is 1. The first-order valence-electron chi connectivity index (χ1n) is 9.81. The zero-order valence-corrected chi connectivity index (χ0v) is 17.3. The van der Waals surface area contributed by atoms with E-state index in [9.17, 15) is 4.79 Å². The Morgan fingerprint density at radius 3 is 2.93 bits per heavy atom. The molecule has 1 aliphatic heterocycles. The number of pyridine rings is 1. The van der Waals surface area contributed by atoms with Crippen LogP contribution in [-0.4, -0.2) is 59.0 Å². The Hall–Kier alpha value is -3.00. The van der Waals surface area contributed by atoms with Crippen molar-refractivity contribution in [3.8, 4) is 0 Å². The number of amides is 1. The molecule has 152 valence electrons. The molecule has 0 aromatic carbocycles. The first-order chi connectivity index (χ1) is 13.9. The minimum atomic E-state index is -0.179. The standard InChI is InChI=1S/C21H26N6O2/c1-13-14(2)24-19(21(28)26(3)4)25-20(13)27-9-7-15(12-27)23-11-16-10-17-18(29-16)6-5-8-22-17/h5-6,8,10,15,23H,7,9,11-12H2,1-4H3/t15-/m1/s1. The Labute approximate surface area is 169 Å². The predicted molar refractivity (Wildman–Crippen MR) is 111 cm³/mol. The zero-order chi connectivity index (χ0) is 20.5. The number of aryl methyl sites for hydroxylation is 1. The van der Waals surface area contributed by atoms with Crippen molar-refractivity contribution in [2.24, 2.45) is 0 Å². The van der Waals surface area contributed by atoms with Crippen molar-refractivity contribution in [1.29, 1.82) is 0 Å². The van der Waals surface area contributed by atoms with E-state index in [0.29, 0.717) is 12.6 Å². The van der Waals surface area contributed by atoms with Crippen LogP contribution < -0.4 is 10.2 Å². The fourth-order valence-corrected chi connectivity index (χ4v) is 3.59. The first-order valence-corrected chi connectivity index (χ1v) is 9.81. The van der Waals surface area contributed by atoms with Gasteiger partial charge in [0.25, 0.3) is 5.91 Å². The van der Waals surface area contributed by atoms with Gasteiger partial charge in [0.1, 0.15) is 17.1 Å². The molecular weight excluding hydrogens is 368 g/mol. The van der Waals surface area contributed by atoms with E-state index < -0.39 is 0 Å². The highest BCUT2D eigenvalue weighted by atomic mass is 16.3. The van der Waals surface area contributed by atoms with Crippen molar-refractivity contribution in [3.63, 3.8) is 0 Å². The summed E-state index contributed by atoms with van der Waals surface area (Å²) >= 11 is 0. The number of fused-ring (bicyclic) bond motifs is 1. The number of hydrogen-bond donors (Lipinski definition) is 1. The van der Waals surface area contributed by atoms with E-state index in [0.717, 1.165) is 53.4 Å². The van der Waals surface area contributed by atoms with Crippen LogP contribution in [0.25, 0.3) is 11.1 Å². The van der Waals surface area contributed by atoms with Gasteiger partial charge in [0, 0.05) is 56.7 Å². The molecular formula is C21H26N6O2. The van der Waals surface area contributed by atoms with Crippen molar-refractivity contribution in [1.82, 2.24) is 25.2 Å². The molecule has 3 aromatic rings. The lowest BCUT2D eigenvalue weighted by Crippen LogP contribution is -2.33. The largest absolute Gasteiger partial charge is 0.458 e. The molecule has 1 saturated heterocycles. The van der Waals surface area contributed by atoms with Crippen LogP contribution in [0, 0.1) is 13.8 Å². The lowest BCUT2D eigenvalue weighted by atomic mass is 10.2. The van der Waals surface area contributed by atoms with Crippen LogP contribution in [0.3, 0.4) is 0 Å². The Kier molecular flexibility index (Phi) is 5.19. The fourth-order valence-electron chi connectivity index (χ4n) is 3.59. The van der Waals surface area contributed by atoms with Crippen LogP contribution in [0.5, 0.6) is 0 Å². The van der Waals surface area contributed by atoms with Gasteiger partial charge in [-0.25, -0.2) is 9.97 Å². The molecule has 1 N–H and O–H groups in total. The van der Waals surface area contributed by atoms with E-state index >= 15 is 0 Å². The lowest BCUT2D eigenvalue weighted by molar-refractivity contribution is 0.0815. The normalized spacial score (nSPS) is 16.6. The highest BCUT2D eigenvalue weighted by Crippen LogP contribution is 2.25. The molecule has 4 heterocycles. The number of anilines is 1. The molecule has 1 fully saturated rings. The summed E-state index contributed by atoms with van der Waals surface area (Å²) in [5, 5.41) is 3.57. The third-order valence-corrected chi connectivity index (χ3v) is 5.35. The molecule has 0 spiro atoms. The molecule has 8 nitrogen and oxygen atoms in total. The van der Waals surface area contributed by atoms with E-state index in [2.05, 4.69) is 25.2 Å². The number of carbonyl (C=O) groups excluding carboxylic acids is 1. The van der Waals surface area contributed by atoms with Crippen LogP contribution in [0.15, 0.2) is 28.8 Å². The third-order valence-electron chi connectivity index (χ3n) is 5.35. The third kappa shape index (κ3) is 3.93. The van der Waals surface area contributed by atoms with Crippen LogP contribution in [0.4, 0.5) is 5.82 Å². The fraction of sp³-hybridized carbons (Fsp3) is 0.429. The monoisotopic (exact) mass is 394 g/mol. The molecule has 1 amide bonds. The molecule has 0 saturated carbocycles. The maximum absolute atomic E-state index is 12.3. The molecule has 0 unspecified atom stereocenters. The summed E-state index contributed by atoms with van der Waals surface area (Å²) in [6.07, 6.45) is 2.77. The second kappa shape index (κ2) is 7.79. The van der Waals surface area contributed by atoms with Crippen LogP contribution in [0.2, 0.25) is 0 Å². The molecule has 0 aliphatic carbocycles. The summed E-state index contributed by atoms with van der Waals surface area (Å²) in [6, 6.07) is 6.10. The molecule has 0 bridgehead atoms. The molecule has 29 heavy (non-hydrogen) atoms. The summed E-state index contributed by atoms with van der Waals surface area (Å²) < 4.78 is 5.84. The Morgan fingerprint density at radius 2 is 2.17 bits per heavy atom. The smallest absolute Gasteiger partial charge is 0.291 e. The van der Waals surface area contributed by atoms with E-state index in [-0.39, 0.29) is 11.7 Å². The molecule has 8 heteroatoms. The van der Waals surface area contributed by atoms with Crippen molar-refractivity contribution < 1.29 is 9.21 Å². The van der Waals surface area contributed by atoms with Crippen molar-refractivity contribution in [2.45, 2.75) is 32.9 Å². The maximum Gasteiger partial charge on any atom is 0.291 e. The van der Waals surface area contributed by atoms with Crippen molar-refractivity contribution in [2.75, 3.05) is 32.1 Å². The van der Waals surface area contributed by atoms with Gasteiger partial charge in [-0.2, -0.15) is 0 Å². The van der Waals surface area contributed by atoms with E-state index in [1.54, 1.807) is 20.3 Å². The highest BCUT2D eigenvalue weighted by molar-refractivity contribution is 5.90. The van der Waals surface area contributed by atoms with Gasteiger partial charge in [-0.3, -0.25) is 9.78 Å². The topological polar surface area (TPSA) is 87.4 Å². The maximum atomic E-state index is 12.3.